The fourth-order valence-electron chi connectivity index (χ4n) is 1.93. The van der Waals surface area contributed by atoms with Gasteiger partial charge in [-0.3, -0.25) is 9.48 Å². The van der Waals surface area contributed by atoms with Crippen LogP contribution >= 0.6 is 0 Å². The van der Waals surface area contributed by atoms with E-state index in [-0.39, 0.29) is 5.91 Å². The number of nitrogens with zero attached hydrogens (tertiary/aromatic N) is 2. The molecule has 1 aromatic heterocycles. The van der Waals surface area contributed by atoms with Gasteiger partial charge in [-0.1, -0.05) is 0 Å². The van der Waals surface area contributed by atoms with E-state index in [1.807, 2.05) is 6.92 Å². The Morgan fingerprint density at radius 3 is 2.82 bits per heavy atom. The van der Waals surface area contributed by atoms with Gasteiger partial charge in [0.15, 0.2) is 0 Å². The Labute approximate surface area is 101 Å². The first-order valence-corrected chi connectivity index (χ1v) is 5.91. The number of rotatable bonds is 4. The van der Waals surface area contributed by atoms with E-state index in [4.69, 9.17) is 0 Å². The maximum atomic E-state index is 11.9. The van der Waals surface area contributed by atoms with Crippen LogP contribution in [0.3, 0.4) is 0 Å². The highest BCUT2D eigenvalue weighted by Crippen LogP contribution is 2.39. The highest BCUT2D eigenvalue weighted by molar-refractivity contribution is 5.95. The topological polar surface area (TPSA) is 67.2 Å². The molecule has 0 saturated heterocycles. The highest BCUT2D eigenvalue weighted by atomic mass is 16.3. The van der Waals surface area contributed by atoms with E-state index in [0.717, 1.165) is 18.5 Å². The Bertz CT molecular complexity index is 433. The van der Waals surface area contributed by atoms with E-state index in [1.54, 1.807) is 24.9 Å². The molecule has 1 amide bonds. The number of nitrogens with one attached hydrogen (secondary N) is 1. The molecule has 17 heavy (non-hydrogen) atoms. The standard InChI is InChI=1S/C12H19N3O2/c1-8-10(6-14-15(8)3)11(16)13-7-12(2,17)9-4-5-9/h6,9,17H,4-5,7H2,1-3H3,(H,13,16). The summed E-state index contributed by atoms with van der Waals surface area (Å²) in [5.41, 5.74) is 0.610. The Morgan fingerprint density at radius 2 is 2.35 bits per heavy atom. The average Bonchev–Trinajstić information content (AvgIpc) is 3.06. The summed E-state index contributed by atoms with van der Waals surface area (Å²) in [6, 6.07) is 0. The summed E-state index contributed by atoms with van der Waals surface area (Å²) in [5.74, 6) is 0.161. The van der Waals surface area contributed by atoms with Crippen molar-refractivity contribution in [3.8, 4) is 0 Å². The molecule has 5 nitrogen and oxygen atoms in total. The van der Waals surface area contributed by atoms with Gasteiger partial charge in [-0.15, -0.1) is 0 Å². The summed E-state index contributed by atoms with van der Waals surface area (Å²) in [5, 5.41) is 16.9. The minimum Gasteiger partial charge on any atom is -0.388 e. The molecule has 2 N–H and O–H groups in total. The number of carbonyl (C=O) groups is 1. The largest absolute Gasteiger partial charge is 0.388 e. The molecule has 0 radical (unpaired) electrons. The van der Waals surface area contributed by atoms with Gasteiger partial charge in [0.2, 0.25) is 0 Å². The number of amides is 1. The maximum absolute atomic E-state index is 11.9. The fraction of sp³-hybridized carbons (Fsp3) is 0.667. The third-order valence-electron chi connectivity index (χ3n) is 3.54. The van der Waals surface area contributed by atoms with E-state index < -0.39 is 5.60 Å². The number of carbonyl (C=O) groups excluding carboxylic acids is 1. The first-order chi connectivity index (χ1) is 7.92. The van der Waals surface area contributed by atoms with Crippen molar-refractivity contribution in [1.29, 1.82) is 0 Å². The molecule has 0 aliphatic heterocycles. The van der Waals surface area contributed by atoms with E-state index in [9.17, 15) is 9.90 Å². The summed E-state index contributed by atoms with van der Waals surface area (Å²) in [6.45, 7) is 3.92. The van der Waals surface area contributed by atoms with Crippen LogP contribution in [0.15, 0.2) is 6.20 Å². The van der Waals surface area contributed by atoms with Crippen molar-refractivity contribution in [3.63, 3.8) is 0 Å². The minimum absolute atomic E-state index is 0.170. The molecule has 1 saturated carbocycles. The van der Waals surface area contributed by atoms with Crippen LogP contribution in [0.25, 0.3) is 0 Å². The molecule has 0 bridgehead atoms. The van der Waals surface area contributed by atoms with Gasteiger partial charge in [-0.05, 0) is 32.6 Å². The Hall–Kier alpha value is -1.36. The van der Waals surface area contributed by atoms with Crippen LogP contribution in [-0.2, 0) is 7.05 Å². The van der Waals surface area contributed by atoms with Crippen molar-refractivity contribution in [3.05, 3.63) is 17.5 Å². The first-order valence-electron chi connectivity index (χ1n) is 5.91. The van der Waals surface area contributed by atoms with Crippen LogP contribution in [0, 0.1) is 12.8 Å². The van der Waals surface area contributed by atoms with Crippen LogP contribution in [-0.4, -0.2) is 32.9 Å². The van der Waals surface area contributed by atoms with Gasteiger partial charge in [-0.25, -0.2) is 0 Å². The van der Waals surface area contributed by atoms with Crippen molar-refractivity contribution in [1.82, 2.24) is 15.1 Å². The molecular weight excluding hydrogens is 218 g/mol. The molecule has 1 unspecified atom stereocenters. The average molecular weight is 237 g/mol. The third-order valence-corrected chi connectivity index (χ3v) is 3.54. The molecule has 1 atom stereocenters. The van der Waals surface area contributed by atoms with Gasteiger partial charge in [0, 0.05) is 19.3 Å². The lowest BCUT2D eigenvalue weighted by Crippen LogP contribution is -2.42. The maximum Gasteiger partial charge on any atom is 0.254 e. The van der Waals surface area contributed by atoms with Crippen LogP contribution in [0.1, 0.15) is 35.8 Å². The molecule has 1 aliphatic rings. The molecule has 1 heterocycles. The smallest absolute Gasteiger partial charge is 0.254 e. The van der Waals surface area contributed by atoms with Gasteiger partial charge in [0.1, 0.15) is 0 Å². The zero-order valence-corrected chi connectivity index (χ0v) is 10.5. The number of hydrogen-bond acceptors (Lipinski definition) is 3. The molecule has 94 valence electrons. The van der Waals surface area contributed by atoms with Crippen LogP contribution in [0.4, 0.5) is 0 Å². The van der Waals surface area contributed by atoms with Crippen molar-refractivity contribution < 1.29 is 9.90 Å². The van der Waals surface area contributed by atoms with E-state index in [0.29, 0.717) is 18.0 Å². The van der Waals surface area contributed by atoms with Crippen LogP contribution in [0.5, 0.6) is 0 Å². The van der Waals surface area contributed by atoms with Crippen LogP contribution in [0.2, 0.25) is 0 Å². The molecular formula is C12H19N3O2. The molecule has 2 rings (SSSR count). The second-order valence-electron chi connectivity index (χ2n) is 5.08. The summed E-state index contributed by atoms with van der Waals surface area (Å²) < 4.78 is 1.66. The van der Waals surface area contributed by atoms with Crippen molar-refractivity contribution in [2.24, 2.45) is 13.0 Å². The predicted octanol–water partition coefficient (Wildman–Crippen LogP) is 0.619. The fourth-order valence-corrected chi connectivity index (χ4v) is 1.93. The summed E-state index contributed by atoms with van der Waals surface area (Å²) in [6.07, 6.45) is 3.65. The third kappa shape index (κ3) is 2.49. The van der Waals surface area contributed by atoms with E-state index >= 15 is 0 Å². The van der Waals surface area contributed by atoms with Crippen LogP contribution < -0.4 is 5.32 Å². The summed E-state index contributed by atoms with van der Waals surface area (Å²) in [7, 11) is 1.80. The van der Waals surface area contributed by atoms with E-state index in [2.05, 4.69) is 10.4 Å². The van der Waals surface area contributed by atoms with Crippen molar-refractivity contribution in [2.75, 3.05) is 6.54 Å². The highest BCUT2D eigenvalue weighted by Gasteiger charge is 2.40. The lowest BCUT2D eigenvalue weighted by atomic mass is 10.0. The number of aliphatic hydroxyl groups is 1. The zero-order chi connectivity index (χ0) is 12.6. The molecule has 1 aliphatic carbocycles. The number of hydrogen-bond donors (Lipinski definition) is 2. The van der Waals surface area contributed by atoms with Gasteiger partial charge in [-0.2, -0.15) is 5.10 Å². The summed E-state index contributed by atoms with van der Waals surface area (Å²) in [4.78, 5) is 11.9. The quantitative estimate of drug-likeness (QED) is 0.806. The van der Waals surface area contributed by atoms with Crippen molar-refractivity contribution in [2.45, 2.75) is 32.3 Å². The molecule has 1 aromatic rings. The van der Waals surface area contributed by atoms with Gasteiger partial charge in [0.25, 0.3) is 5.91 Å². The minimum atomic E-state index is -0.786. The second kappa shape index (κ2) is 4.14. The molecule has 1 fully saturated rings. The zero-order valence-electron chi connectivity index (χ0n) is 10.5. The monoisotopic (exact) mass is 237 g/mol. The Kier molecular flexibility index (Phi) is 2.95. The van der Waals surface area contributed by atoms with E-state index in [1.165, 1.54) is 0 Å². The van der Waals surface area contributed by atoms with Crippen molar-refractivity contribution >= 4 is 5.91 Å². The van der Waals surface area contributed by atoms with Gasteiger partial charge < -0.3 is 10.4 Å². The molecule has 0 aromatic carbocycles. The van der Waals surface area contributed by atoms with Gasteiger partial charge >= 0.3 is 0 Å². The molecule has 5 heteroatoms. The lowest BCUT2D eigenvalue weighted by Gasteiger charge is -2.23. The summed E-state index contributed by atoms with van der Waals surface area (Å²) >= 11 is 0. The Balaban J connectivity index is 1.95. The predicted molar refractivity (Wildman–Crippen MR) is 63.6 cm³/mol. The first kappa shape index (κ1) is 12.1. The second-order valence-corrected chi connectivity index (χ2v) is 5.08. The SMILES string of the molecule is Cc1c(C(=O)NCC(C)(O)C2CC2)cnn1C. The molecule has 0 spiro atoms. The normalized spacial score (nSPS) is 18.8. The lowest BCUT2D eigenvalue weighted by molar-refractivity contribution is 0.0354. The number of aryl methyl sites for hydroxylation is 1. The Morgan fingerprint density at radius 1 is 1.71 bits per heavy atom. The number of aromatic nitrogens is 2. The van der Waals surface area contributed by atoms with Gasteiger partial charge in [0.05, 0.1) is 17.4 Å².